The second kappa shape index (κ2) is 8.64. The molecule has 4 heteroatoms. The normalized spacial score (nSPS) is 14.5. The Morgan fingerprint density at radius 2 is 1.71 bits per heavy atom. The van der Waals surface area contributed by atoms with Gasteiger partial charge in [-0.1, -0.05) is 46.3 Å². The molecule has 1 aromatic carbocycles. The Morgan fingerprint density at radius 3 is 2.24 bits per heavy atom. The van der Waals surface area contributed by atoms with Crippen molar-refractivity contribution in [2.24, 2.45) is 0 Å². The first kappa shape index (κ1) is 14.6. The summed E-state index contributed by atoms with van der Waals surface area (Å²) in [5, 5.41) is 0.733. The van der Waals surface area contributed by atoms with Crippen molar-refractivity contribution in [1.82, 2.24) is 0 Å². The molecule has 0 aliphatic rings. The molecule has 96 valence electrons. The van der Waals surface area contributed by atoms with E-state index >= 15 is 0 Å². The third kappa shape index (κ3) is 5.17. The topological polar surface area (TPSA) is 27.7 Å². The lowest BCUT2D eigenvalue weighted by atomic mass is 10.2. The molecule has 0 aromatic heterocycles. The molecule has 0 amide bonds. The highest BCUT2D eigenvalue weighted by Gasteiger charge is 2.19. The zero-order valence-electron chi connectivity index (χ0n) is 10.3. The van der Waals surface area contributed by atoms with Crippen LogP contribution in [-0.2, 0) is 20.8 Å². The Balaban J connectivity index is 2.33. The lowest BCUT2D eigenvalue weighted by Gasteiger charge is -2.22. The van der Waals surface area contributed by atoms with E-state index in [4.69, 9.17) is 14.2 Å². The number of rotatable bonds is 8. The molecule has 0 saturated heterocycles. The fourth-order valence-electron chi connectivity index (χ4n) is 1.51. The Morgan fingerprint density at radius 1 is 1.06 bits per heavy atom. The van der Waals surface area contributed by atoms with Crippen LogP contribution in [0.4, 0.5) is 0 Å². The largest absolute Gasteiger partial charge is 0.378 e. The lowest BCUT2D eigenvalue weighted by molar-refractivity contribution is -0.0692. The lowest BCUT2D eigenvalue weighted by Crippen LogP contribution is -2.35. The van der Waals surface area contributed by atoms with Crippen LogP contribution in [0.5, 0.6) is 0 Å². The molecule has 0 unspecified atom stereocenters. The van der Waals surface area contributed by atoms with Crippen molar-refractivity contribution in [1.29, 1.82) is 0 Å². The van der Waals surface area contributed by atoms with Gasteiger partial charge in [-0.3, -0.25) is 0 Å². The molecular weight excluding hydrogens is 284 g/mol. The molecule has 17 heavy (non-hydrogen) atoms. The quantitative estimate of drug-likeness (QED) is 0.691. The average Bonchev–Trinajstić information content (AvgIpc) is 2.39. The highest BCUT2D eigenvalue weighted by molar-refractivity contribution is 9.09. The molecule has 0 aliphatic carbocycles. The molecular formula is C13H19BrO3. The van der Waals surface area contributed by atoms with Gasteiger partial charge in [0.2, 0.25) is 0 Å². The molecule has 3 nitrogen and oxygen atoms in total. The van der Waals surface area contributed by atoms with E-state index in [1.165, 1.54) is 0 Å². The smallest absolute Gasteiger partial charge is 0.107 e. The van der Waals surface area contributed by atoms with Crippen molar-refractivity contribution in [3.05, 3.63) is 35.9 Å². The van der Waals surface area contributed by atoms with Crippen molar-refractivity contribution in [2.45, 2.75) is 18.8 Å². The number of hydrogen-bond donors (Lipinski definition) is 0. The molecule has 1 rings (SSSR count). The van der Waals surface area contributed by atoms with Crippen LogP contribution >= 0.6 is 15.9 Å². The first-order valence-corrected chi connectivity index (χ1v) is 6.67. The highest BCUT2D eigenvalue weighted by atomic mass is 79.9. The third-order valence-electron chi connectivity index (χ3n) is 2.57. The van der Waals surface area contributed by atoms with Gasteiger partial charge >= 0.3 is 0 Å². The Labute approximate surface area is 111 Å². The molecule has 0 spiro atoms. The maximum absolute atomic E-state index is 5.63. The van der Waals surface area contributed by atoms with Crippen molar-refractivity contribution in [3.8, 4) is 0 Å². The molecule has 0 heterocycles. The van der Waals surface area contributed by atoms with E-state index in [2.05, 4.69) is 15.9 Å². The van der Waals surface area contributed by atoms with Crippen LogP contribution in [-0.4, -0.2) is 38.4 Å². The van der Waals surface area contributed by atoms with Gasteiger partial charge in [0.25, 0.3) is 0 Å². The second-order valence-corrected chi connectivity index (χ2v) is 4.35. The van der Waals surface area contributed by atoms with E-state index in [1.807, 2.05) is 30.3 Å². The van der Waals surface area contributed by atoms with Crippen LogP contribution in [0.25, 0.3) is 0 Å². The predicted octanol–water partition coefficient (Wildman–Crippen LogP) is 2.63. The fraction of sp³-hybridized carbons (Fsp3) is 0.538. The number of halogens is 1. The molecule has 0 fully saturated rings. The van der Waals surface area contributed by atoms with Gasteiger partial charge in [0.1, 0.15) is 6.10 Å². The van der Waals surface area contributed by atoms with Crippen molar-refractivity contribution in [3.63, 3.8) is 0 Å². The maximum Gasteiger partial charge on any atom is 0.107 e. The van der Waals surface area contributed by atoms with Gasteiger partial charge in [-0.25, -0.2) is 0 Å². The van der Waals surface area contributed by atoms with Gasteiger partial charge in [0.15, 0.2) is 0 Å². The van der Waals surface area contributed by atoms with E-state index in [1.54, 1.807) is 14.2 Å². The van der Waals surface area contributed by atoms with Gasteiger partial charge in [-0.15, -0.1) is 0 Å². The standard InChI is InChI=1S/C13H19BrO3/c1-15-12(8-14)13(16-2)10-17-9-11-6-4-3-5-7-11/h3-7,12-13H,8-10H2,1-2H3/t12-,13-/m0/s1. The van der Waals surface area contributed by atoms with E-state index in [0.29, 0.717) is 13.2 Å². The Kier molecular flexibility index (Phi) is 7.44. The summed E-state index contributed by atoms with van der Waals surface area (Å²) in [5.74, 6) is 0. The predicted molar refractivity (Wildman–Crippen MR) is 71.5 cm³/mol. The van der Waals surface area contributed by atoms with E-state index in [0.717, 1.165) is 10.9 Å². The molecule has 2 atom stereocenters. The summed E-state index contributed by atoms with van der Waals surface area (Å²) in [7, 11) is 3.35. The summed E-state index contributed by atoms with van der Waals surface area (Å²) < 4.78 is 16.3. The zero-order valence-corrected chi connectivity index (χ0v) is 11.9. The first-order chi connectivity index (χ1) is 8.31. The molecule has 0 bridgehead atoms. The van der Waals surface area contributed by atoms with Crippen molar-refractivity contribution < 1.29 is 14.2 Å². The summed E-state index contributed by atoms with van der Waals surface area (Å²) in [6, 6.07) is 10.1. The average molecular weight is 303 g/mol. The highest BCUT2D eigenvalue weighted by Crippen LogP contribution is 2.08. The SMILES string of the molecule is CO[C@@H](CBr)[C@H](COCc1ccccc1)OC. The van der Waals surface area contributed by atoms with Gasteiger partial charge in [-0.2, -0.15) is 0 Å². The van der Waals surface area contributed by atoms with E-state index in [-0.39, 0.29) is 12.2 Å². The Hall–Kier alpha value is -0.420. The minimum atomic E-state index is -0.0527. The third-order valence-corrected chi connectivity index (χ3v) is 3.20. The van der Waals surface area contributed by atoms with Crippen LogP contribution in [0.3, 0.4) is 0 Å². The van der Waals surface area contributed by atoms with Gasteiger partial charge in [0.05, 0.1) is 19.3 Å². The summed E-state index contributed by atoms with van der Waals surface area (Å²) in [4.78, 5) is 0. The van der Waals surface area contributed by atoms with Gasteiger partial charge in [0, 0.05) is 19.5 Å². The monoisotopic (exact) mass is 302 g/mol. The number of benzene rings is 1. The van der Waals surface area contributed by atoms with Crippen LogP contribution < -0.4 is 0 Å². The van der Waals surface area contributed by atoms with E-state index < -0.39 is 0 Å². The minimum Gasteiger partial charge on any atom is -0.378 e. The van der Waals surface area contributed by atoms with Crippen LogP contribution in [0.2, 0.25) is 0 Å². The van der Waals surface area contributed by atoms with Crippen molar-refractivity contribution in [2.75, 3.05) is 26.2 Å². The number of alkyl halides is 1. The number of methoxy groups -OCH3 is 2. The molecule has 0 N–H and O–H groups in total. The summed E-state index contributed by atoms with van der Waals surface area (Å²) >= 11 is 3.39. The Bertz CT molecular complexity index is 288. The number of ether oxygens (including phenoxy) is 3. The molecule has 0 saturated carbocycles. The summed E-state index contributed by atoms with van der Waals surface area (Å²) in [6.45, 7) is 1.12. The zero-order chi connectivity index (χ0) is 12.5. The number of hydrogen-bond acceptors (Lipinski definition) is 3. The van der Waals surface area contributed by atoms with Crippen LogP contribution in [0.1, 0.15) is 5.56 Å². The summed E-state index contributed by atoms with van der Waals surface area (Å²) in [6.07, 6.45) is -0.0427. The van der Waals surface area contributed by atoms with Gasteiger partial charge in [-0.05, 0) is 5.56 Å². The van der Waals surface area contributed by atoms with Gasteiger partial charge < -0.3 is 14.2 Å². The van der Waals surface area contributed by atoms with Crippen molar-refractivity contribution >= 4 is 15.9 Å². The maximum atomic E-state index is 5.63. The molecule has 0 radical (unpaired) electrons. The van der Waals surface area contributed by atoms with Crippen LogP contribution in [0, 0.1) is 0 Å². The van der Waals surface area contributed by atoms with Crippen LogP contribution in [0.15, 0.2) is 30.3 Å². The molecule has 0 aliphatic heterocycles. The van der Waals surface area contributed by atoms with E-state index in [9.17, 15) is 0 Å². The molecule has 1 aromatic rings. The fourth-order valence-corrected chi connectivity index (χ4v) is 2.19. The minimum absolute atomic E-state index is 0.00998. The second-order valence-electron chi connectivity index (χ2n) is 3.70. The first-order valence-electron chi connectivity index (χ1n) is 5.55. The summed E-state index contributed by atoms with van der Waals surface area (Å²) in [5.41, 5.74) is 1.16.